The van der Waals surface area contributed by atoms with E-state index in [0.29, 0.717) is 0 Å². The molecule has 0 saturated heterocycles. The molecular formula is C12H13BrN4. The van der Waals surface area contributed by atoms with Crippen LogP contribution in [0.3, 0.4) is 0 Å². The maximum Gasteiger partial charge on any atom is 0.135 e. The zero-order valence-corrected chi connectivity index (χ0v) is 11.6. The molecule has 0 aliphatic carbocycles. The average molecular weight is 293 g/mol. The second kappa shape index (κ2) is 4.49. The van der Waals surface area contributed by atoms with E-state index in [4.69, 9.17) is 0 Å². The topological polar surface area (TPSA) is 51.6 Å². The van der Waals surface area contributed by atoms with Crippen LogP contribution in [0.5, 0.6) is 0 Å². The van der Waals surface area contributed by atoms with Crippen molar-refractivity contribution >= 4 is 15.9 Å². The van der Waals surface area contributed by atoms with Crippen molar-refractivity contribution < 1.29 is 0 Å². The highest BCUT2D eigenvalue weighted by Crippen LogP contribution is 2.24. The Morgan fingerprint density at radius 1 is 1.06 bits per heavy atom. The largest absolute Gasteiger partial charge is 0.244 e. The van der Waals surface area contributed by atoms with Crippen molar-refractivity contribution in [2.75, 3.05) is 0 Å². The molecule has 2 aromatic heterocycles. The Hall–Kier alpha value is -1.36. The third kappa shape index (κ3) is 2.85. The van der Waals surface area contributed by atoms with Crippen molar-refractivity contribution in [1.82, 2.24) is 19.9 Å². The maximum atomic E-state index is 4.55. The molecule has 0 aromatic carbocycles. The first-order valence-electron chi connectivity index (χ1n) is 5.27. The van der Waals surface area contributed by atoms with Gasteiger partial charge in [-0.15, -0.1) is 0 Å². The SMILES string of the molecule is CC(C)(C)c1nc(Br)cc(-c2cncnc2)n1. The number of nitrogens with zero attached hydrogens (tertiary/aromatic N) is 4. The Kier molecular flexibility index (Phi) is 3.19. The number of hydrogen-bond donors (Lipinski definition) is 0. The van der Waals surface area contributed by atoms with E-state index in [1.54, 1.807) is 12.4 Å². The second-order valence-electron chi connectivity index (χ2n) is 4.78. The minimum atomic E-state index is -0.0891. The lowest BCUT2D eigenvalue weighted by Crippen LogP contribution is -2.16. The van der Waals surface area contributed by atoms with Crippen molar-refractivity contribution in [3.05, 3.63) is 35.2 Å². The maximum absolute atomic E-state index is 4.55. The molecule has 0 saturated carbocycles. The van der Waals surface area contributed by atoms with E-state index in [9.17, 15) is 0 Å². The van der Waals surface area contributed by atoms with E-state index in [1.165, 1.54) is 6.33 Å². The van der Waals surface area contributed by atoms with Crippen molar-refractivity contribution in [2.24, 2.45) is 0 Å². The van der Waals surface area contributed by atoms with Crippen molar-refractivity contribution in [2.45, 2.75) is 26.2 Å². The van der Waals surface area contributed by atoms with Gasteiger partial charge in [-0.2, -0.15) is 0 Å². The van der Waals surface area contributed by atoms with E-state index >= 15 is 0 Å². The van der Waals surface area contributed by atoms with Crippen molar-refractivity contribution in [3.63, 3.8) is 0 Å². The van der Waals surface area contributed by atoms with Gasteiger partial charge in [0.15, 0.2) is 0 Å². The third-order valence-electron chi connectivity index (χ3n) is 2.22. The Morgan fingerprint density at radius 3 is 2.29 bits per heavy atom. The fourth-order valence-corrected chi connectivity index (χ4v) is 1.72. The van der Waals surface area contributed by atoms with Gasteiger partial charge >= 0.3 is 0 Å². The Balaban J connectivity index is 2.54. The summed E-state index contributed by atoms with van der Waals surface area (Å²) < 4.78 is 0.774. The number of halogens is 1. The van der Waals surface area contributed by atoms with Crippen LogP contribution in [-0.2, 0) is 5.41 Å². The summed E-state index contributed by atoms with van der Waals surface area (Å²) in [5, 5.41) is 0. The minimum absolute atomic E-state index is 0.0891. The molecule has 2 heterocycles. The molecule has 2 aromatic rings. The number of aromatic nitrogens is 4. The molecule has 0 amide bonds. The molecule has 0 aliphatic rings. The monoisotopic (exact) mass is 292 g/mol. The van der Waals surface area contributed by atoms with Crippen molar-refractivity contribution in [1.29, 1.82) is 0 Å². The highest BCUT2D eigenvalue weighted by Gasteiger charge is 2.19. The zero-order valence-electron chi connectivity index (χ0n) is 9.98. The average Bonchev–Trinajstić information content (AvgIpc) is 2.28. The van der Waals surface area contributed by atoms with E-state index in [2.05, 4.69) is 56.6 Å². The Morgan fingerprint density at radius 2 is 1.71 bits per heavy atom. The van der Waals surface area contributed by atoms with Gasteiger partial charge in [0.1, 0.15) is 16.8 Å². The number of hydrogen-bond acceptors (Lipinski definition) is 4. The van der Waals surface area contributed by atoms with Gasteiger partial charge in [0, 0.05) is 23.4 Å². The van der Waals surface area contributed by atoms with Crippen LogP contribution >= 0.6 is 15.9 Å². The molecule has 0 unspecified atom stereocenters. The number of rotatable bonds is 1. The summed E-state index contributed by atoms with van der Waals surface area (Å²) in [5.41, 5.74) is 1.63. The molecular weight excluding hydrogens is 280 g/mol. The fourth-order valence-electron chi connectivity index (χ4n) is 1.33. The minimum Gasteiger partial charge on any atom is -0.244 e. The first-order chi connectivity index (χ1) is 7.97. The van der Waals surface area contributed by atoms with Gasteiger partial charge < -0.3 is 0 Å². The van der Waals surface area contributed by atoms with Crippen LogP contribution in [0, 0.1) is 0 Å². The first-order valence-corrected chi connectivity index (χ1v) is 6.06. The van der Waals surface area contributed by atoms with Crippen LogP contribution in [0.4, 0.5) is 0 Å². The van der Waals surface area contributed by atoms with Crippen LogP contribution in [0.1, 0.15) is 26.6 Å². The summed E-state index contributed by atoms with van der Waals surface area (Å²) in [4.78, 5) is 16.9. The van der Waals surface area contributed by atoms with E-state index < -0.39 is 0 Å². The van der Waals surface area contributed by atoms with Crippen molar-refractivity contribution in [3.8, 4) is 11.3 Å². The highest BCUT2D eigenvalue weighted by molar-refractivity contribution is 9.10. The van der Waals surface area contributed by atoms with Crippen LogP contribution in [-0.4, -0.2) is 19.9 Å². The van der Waals surface area contributed by atoms with Gasteiger partial charge in [0.05, 0.1) is 5.69 Å². The molecule has 17 heavy (non-hydrogen) atoms. The summed E-state index contributed by atoms with van der Waals surface area (Å²) in [6.45, 7) is 6.25. The first kappa shape index (κ1) is 12.1. The molecule has 0 bridgehead atoms. The van der Waals surface area contributed by atoms with E-state index in [0.717, 1.165) is 21.7 Å². The van der Waals surface area contributed by atoms with Crippen LogP contribution in [0.2, 0.25) is 0 Å². The van der Waals surface area contributed by atoms with Crippen LogP contribution in [0.25, 0.3) is 11.3 Å². The predicted molar refractivity (Wildman–Crippen MR) is 69.5 cm³/mol. The highest BCUT2D eigenvalue weighted by atomic mass is 79.9. The molecule has 4 nitrogen and oxygen atoms in total. The van der Waals surface area contributed by atoms with Gasteiger partial charge in [-0.05, 0) is 22.0 Å². The van der Waals surface area contributed by atoms with Gasteiger partial charge in [-0.1, -0.05) is 20.8 Å². The third-order valence-corrected chi connectivity index (χ3v) is 2.63. The lowest BCUT2D eigenvalue weighted by molar-refractivity contribution is 0.544. The summed E-state index contributed by atoms with van der Waals surface area (Å²) in [6, 6.07) is 1.87. The summed E-state index contributed by atoms with van der Waals surface area (Å²) in [7, 11) is 0. The summed E-state index contributed by atoms with van der Waals surface area (Å²) in [5.74, 6) is 0.797. The standard InChI is InChI=1S/C12H13BrN4/c1-12(2,3)11-16-9(4-10(13)17-11)8-5-14-7-15-6-8/h4-7H,1-3H3. The van der Waals surface area contributed by atoms with Gasteiger partial charge in [-0.3, -0.25) is 0 Å². The van der Waals surface area contributed by atoms with Gasteiger partial charge in [0.25, 0.3) is 0 Å². The predicted octanol–water partition coefficient (Wildman–Crippen LogP) is 2.99. The lowest BCUT2D eigenvalue weighted by atomic mass is 9.95. The zero-order chi connectivity index (χ0) is 12.5. The molecule has 0 radical (unpaired) electrons. The quantitative estimate of drug-likeness (QED) is 0.758. The second-order valence-corrected chi connectivity index (χ2v) is 5.59. The molecule has 88 valence electrons. The fraction of sp³-hybridized carbons (Fsp3) is 0.333. The van der Waals surface area contributed by atoms with Gasteiger partial charge in [-0.25, -0.2) is 19.9 Å². The molecule has 0 atom stereocenters. The molecule has 0 N–H and O–H groups in total. The molecule has 0 fully saturated rings. The van der Waals surface area contributed by atoms with Gasteiger partial charge in [0.2, 0.25) is 0 Å². The van der Waals surface area contributed by atoms with E-state index in [-0.39, 0.29) is 5.41 Å². The normalized spacial score (nSPS) is 11.5. The smallest absolute Gasteiger partial charge is 0.135 e. The van der Waals surface area contributed by atoms with Crippen LogP contribution < -0.4 is 0 Å². The van der Waals surface area contributed by atoms with Crippen LogP contribution in [0.15, 0.2) is 29.4 Å². The molecule has 0 aliphatic heterocycles. The molecule has 2 rings (SSSR count). The molecule has 5 heteroatoms. The van der Waals surface area contributed by atoms with E-state index in [1.807, 2.05) is 6.07 Å². The summed E-state index contributed by atoms with van der Waals surface area (Å²) in [6.07, 6.45) is 4.99. The molecule has 0 spiro atoms. The Bertz CT molecular complexity index is 520. The lowest BCUT2D eigenvalue weighted by Gasteiger charge is -2.17. The Labute approximate surface area is 109 Å². The summed E-state index contributed by atoms with van der Waals surface area (Å²) >= 11 is 3.41.